The molecule has 1 aromatic heterocycles. The molecule has 1 aromatic carbocycles. The highest BCUT2D eigenvalue weighted by Crippen LogP contribution is 2.33. The van der Waals surface area contributed by atoms with Crippen molar-refractivity contribution in [3.8, 4) is 0 Å². The van der Waals surface area contributed by atoms with Gasteiger partial charge in [-0.15, -0.1) is 11.8 Å². The van der Waals surface area contributed by atoms with Gasteiger partial charge in [0.05, 0.1) is 5.52 Å². The summed E-state index contributed by atoms with van der Waals surface area (Å²) in [6.07, 6.45) is 2.13. The number of ether oxygens (including phenoxy) is 1. The van der Waals surface area contributed by atoms with Crippen LogP contribution in [0.25, 0.3) is 10.9 Å². The molecule has 0 bridgehead atoms. The van der Waals surface area contributed by atoms with Gasteiger partial charge in [-0.25, -0.2) is 15.8 Å². The van der Waals surface area contributed by atoms with E-state index in [0.717, 1.165) is 42.0 Å². The van der Waals surface area contributed by atoms with Crippen molar-refractivity contribution in [1.82, 2.24) is 9.97 Å². The highest BCUT2D eigenvalue weighted by Gasteiger charge is 2.18. The van der Waals surface area contributed by atoms with Gasteiger partial charge in [-0.05, 0) is 18.9 Å². The van der Waals surface area contributed by atoms with E-state index in [2.05, 4.69) is 21.5 Å². The van der Waals surface area contributed by atoms with Gasteiger partial charge in [0.1, 0.15) is 5.03 Å². The van der Waals surface area contributed by atoms with Crippen LogP contribution in [0, 0.1) is 0 Å². The molecule has 3 rings (SSSR count). The number of aromatic nitrogens is 2. The van der Waals surface area contributed by atoms with Crippen LogP contribution in [0.5, 0.6) is 0 Å². The Morgan fingerprint density at radius 2 is 2.00 bits per heavy atom. The zero-order valence-corrected chi connectivity index (χ0v) is 11.3. The molecule has 5 nitrogen and oxygen atoms in total. The summed E-state index contributed by atoms with van der Waals surface area (Å²) in [5.74, 6) is 5.90. The van der Waals surface area contributed by atoms with Crippen LogP contribution in [-0.4, -0.2) is 28.4 Å². The Bertz CT molecular complexity index is 572. The van der Waals surface area contributed by atoms with Gasteiger partial charge in [-0.2, -0.15) is 0 Å². The van der Waals surface area contributed by atoms with E-state index in [0.29, 0.717) is 11.2 Å². The smallest absolute Gasteiger partial charge is 0.238 e. The number of para-hydroxylation sites is 1. The Hall–Kier alpha value is -1.37. The molecule has 0 saturated carbocycles. The molecule has 2 aromatic rings. The molecule has 3 N–H and O–H groups in total. The second-order valence-corrected chi connectivity index (χ2v) is 5.73. The zero-order chi connectivity index (χ0) is 13.1. The van der Waals surface area contributed by atoms with E-state index in [9.17, 15) is 0 Å². The SMILES string of the molecule is NNc1nc(SC2CCOCC2)c2ccccc2n1. The third kappa shape index (κ3) is 2.80. The van der Waals surface area contributed by atoms with Gasteiger partial charge < -0.3 is 4.74 Å². The van der Waals surface area contributed by atoms with E-state index in [-0.39, 0.29) is 0 Å². The van der Waals surface area contributed by atoms with Crippen molar-refractivity contribution in [1.29, 1.82) is 0 Å². The molecular weight excluding hydrogens is 260 g/mol. The lowest BCUT2D eigenvalue weighted by Crippen LogP contribution is -2.18. The van der Waals surface area contributed by atoms with Crippen molar-refractivity contribution >= 4 is 28.6 Å². The molecule has 6 heteroatoms. The Morgan fingerprint density at radius 1 is 1.21 bits per heavy atom. The summed E-state index contributed by atoms with van der Waals surface area (Å²) < 4.78 is 5.39. The van der Waals surface area contributed by atoms with E-state index in [1.54, 1.807) is 11.8 Å². The Labute approximate surface area is 115 Å². The molecule has 2 heterocycles. The lowest BCUT2D eigenvalue weighted by Gasteiger charge is -2.21. The summed E-state index contributed by atoms with van der Waals surface area (Å²) in [4.78, 5) is 8.85. The minimum atomic E-state index is 0.466. The second-order valence-electron chi connectivity index (χ2n) is 4.44. The average molecular weight is 276 g/mol. The molecule has 1 saturated heterocycles. The van der Waals surface area contributed by atoms with Gasteiger partial charge in [0, 0.05) is 23.8 Å². The van der Waals surface area contributed by atoms with Gasteiger partial charge in [0.25, 0.3) is 0 Å². The van der Waals surface area contributed by atoms with Gasteiger partial charge >= 0.3 is 0 Å². The van der Waals surface area contributed by atoms with E-state index >= 15 is 0 Å². The fourth-order valence-corrected chi connectivity index (χ4v) is 3.34. The Kier molecular flexibility index (Phi) is 3.82. The molecule has 1 aliphatic heterocycles. The average Bonchev–Trinajstić information content (AvgIpc) is 2.48. The molecule has 0 radical (unpaired) electrons. The summed E-state index contributed by atoms with van der Waals surface area (Å²) >= 11 is 1.80. The van der Waals surface area contributed by atoms with Crippen LogP contribution in [0.3, 0.4) is 0 Å². The zero-order valence-electron chi connectivity index (χ0n) is 10.5. The maximum absolute atomic E-state index is 5.44. The third-order valence-corrected chi connectivity index (χ3v) is 4.48. The largest absolute Gasteiger partial charge is 0.381 e. The highest BCUT2D eigenvalue weighted by atomic mass is 32.2. The highest BCUT2D eigenvalue weighted by molar-refractivity contribution is 8.00. The maximum atomic E-state index is 5.44. The van der Waals surface area contributed by atoms with Crippen LogP contribution in [0.4, 0.5) is 5.95 Å². The summed E-state index contributed by atoms with van der Waals surface area (Å²) in [6.45, 7) is 1.67. The molecule has 100 valence electrons. The number of anilines is 1. The number of hydrazine groups is 1. The molecule has 1 fully saturated rings. The molecule has 19 heavy (non-hydrogen) atoms. The number of nitrogens with one attached hydrogen (secondary N) is 1. The van der Waals surface area contributed by atoms with Crippen LogP contribution in [-0.2, 0) is 4.74 Å². The van der Waals surface area contributed by atoms with Crippen molar-refractivity contribution in [2.75, 3.05) is 18.6 Å². The minimum Gasteiger partial charge on any atom is -0.381 e. The van der Waals surface area contributed by atoms with Gasteiger partial charge in [-0.3, -0.25) is 5.43 Å². The number of nitrogens with zero attached hydrogens (tertiary/aromatic N) is 2. The molecule has 0 amide bonds. The first-order valence-electron chi connectivity index (χ1n) is 6.34. The van der Waals surface area contributed by atoms with Crippen LogP contribution >= 0.6 is 11.8 Å². The second kappa shape index (κ2) is 5.73. The molecular formula is C13H16N4OS. The quantitative estimate of drug-likeness (QED) is 0.508. The monoisotopic (exact) mass is 276 g/mol. The third-order valence-electron chi connectivity index (χ3n) is 3.14. The predicted octanol–water partition coefficient (Wildman–Crippen LogP) is 2.19. The topological polar surface area (TPSA) is 73.1 Å². The number of hydrogen-bond donors (Lipinski definition) is 2. The molecule has 1 aliphatic rings. The summed E-state index contributed by atoms with van der Waals surface area (Å²) in [5.41, 5.74) is 3.45. The van der Waals surface area contributed by atoms with Crippen molar-refractivity contribution in [3.63, 3.8) is 0 Å². The van der Waals surface area contributed by atoms with Crippen LogP contribution in [0.2, 0.25) is 0 Å². The van der Waals surface area contributed by atoms with E-state index < -0.39 is 0 Å². The van der Waals surface area contributed by atoms with E-state index in [1.807, 2.05) is 18.2 Å². The minimum absolute atomic E-state index is 0.466. The normalized spacial score (nSPS) is 16.7. The van der Waals surface area contributed by atoms with Crippen LogP contribution in [0.1, 0.15) is 12.8 Å². The molecule has 0 atom stereocenters. The fraction of sp³-hybridized carbons (Fsp3) is 0.385. The predicted molar refractivity (Wildman–Crippen MR) is 77.0 cm³/mol. The maximum Gasteiger partial charge on any atom is 0.238 e. The molecule has 0 spiro atoms. The van der Waals surface area contributed by atoms with Crippen LogP contribution < -0.4 is 11.3 Å². The molecule has 0 aliphatic carbocycles. The Morgan fingerprint density at radius 3 is 2.79 bits per heavy atom. The lowest BCUT2D eigenvalue weighted by molar-refractivity contribution is 0.1000. The summed E-state index contributed by atoms with van der Waals surface area (Å²) in [6, 6.07) is 8.01. The first kappa shape index (κ1) is 12.7. The first-order valence-corrected chi connectivity index (χ1v) is 7.22. The van der Waals surface area contributed by atoms with Crippen molar-refractivity contribution in [2.24, 2.45) is 5.84 Å². The first-order chi connectivity index (χ1) is 9.36. The number of fused-ring (bicyclic) bond motifs is 1. The number of nitrogen functional groups attached to an aromatic ring is 1. The van der Waals surface area contributed by atoms with Gasteiger partial charge in [0.15, 0.2) is 0 Å². The Balaban J connectivity index is 1.95. The fourth-order valence-electron chi connectivity index (χ4n) is 2.15. The van der Waals surface area contributed by atoms with Crippen molar-refractivity contribution in [3.05, 3.63) is 24.3 Å². The lowest BCUT2D eigenvalue weighted by atomic mass is 10.2. The number of nitrogens with two attached hydrogens (primary N) is 1. The van der Waals surface area contributed by atoms with Crippen molar-refractivity contribution < 1.29 is 4.74 Å². The number of benzene rings is 1. The van der Waals surface area contributed by atoms with Crippen LogP contribution in [0.15, 0.2) is 29.3 Å². The van der Waals surface area contributed by atoms with E-state index in [1.165, 1.54) is 0 Å². The van der Waals surface area contributed by atoms with Gasteiger partial charge in [-0.1, -0.05) is 18.2 Å². The van der Waals surface area contributed by atoms with E-state index in [4.69, 9.17) is 10.6 Å². The number of hydrogen-bond acceptors (Lipinski definition) is 6. The molecule has 0 unspecified atom stereocenters. The number of thioether (sulfide) groups is 1. The number of rotatable bonds is 3. The van der Waals surface area contributed by atoms with Gasteiger partial charge in [0.2, 0.25) is 5.95 Å². The summed E-state index contributed by atoms with van der Waals surface area (Å²) in [7, 11) is 0. The summed E-state index contributed by atoms with van der Waals surface area (Å²) in [5, 5.41) is 2.63. The standard InChI is InChI=1S/C13H16N4OS/c14-17-13-15-11-4-2-1-3-10(11)12(16-13)19-9-5-7-18-8-6-9/h1-4,9H,5-8,14H2,(H,15,16,17). The van der Waals surface area contributed by atoms with Crippen molar-refractivity contribution in [2.45, 2.75) is 23.1 Å².